The minimum atomic E-state index is -0.728. The number of benzene rings is 1. The molecule has 1 fully saturated rings. The molecule has 1 aromatic carbocycles. The second-order valence-corrected chi connectivity index (χ2v) is 8.08. The van der Waals surface area contributed by atoms with E-state index in [-0.39, 0.29) is 29.0 Å². The van der Waals surface area contributed by atoms with E-state index in [1.165, 1.54) is 12.1 Å². The fourth-order valence-corrected chi connectivity index (χ4v) is 4.57. The van der Waals surface area contributed by atoms with E-state index in [4.69, 9.17) is 28.6 Å². The predicted molar refractivity (Wildman–Crippen MR) is 103 cm³/mol. The van der Waals surface area contributed by atoms with Gasteiger partial charge < -0.3 is 19.2 Å². The number of nitrogens with one attached hydrogen (secondary N) is 1. The highest BCUT2D eigenvalue weighted by molar-refractivity contribution is 7.71. The van der Waals surface area contributed by atoms with E-state index in [0.717, 1.165) is 17.8 Å². The quantitative estimate of drug-likeness (QED) is 0.601. The van der Waals surface area contributed by atoms with Crippen LogP contribution < -0.4 is 5.32 Å². The monoisotopic (exact) mass is 427 g/mol. The average molecular weight is 428 g/mol. The van der Waals surface area contributed by atoms with Gasteiger partial charge in [-0.15, -0.1) is 0 Å². The number of hydrogen-bond donors (Lipinski definition) is 1. The number of imidazole rings is 1. The first kappa shape index (κ1) is 19.5. The number of amides is 1. The summed E-state index contributed by atoms with van der Waals surface area (Å²) in [6.07, 6.45) is 1.35. The van der Waals surface area contributed by atoms with Crippen molar-refractivity contribution in [3.63, 3.8) is 0 Å². The van der Waals surface area contributed by atoms with E-state index >= 15 is 0 Å². The minimum Gasteiger partial charge on any atom is -0.379 e. The molecule has 0 saturated carbocycles. The highest BCUT2D eigenvalue weighted by Crippen LogP contribution is 2.37. The molecule has 2 aliphatic rings. The Kier molecular flexibility index (Phi) is 5.28. The van der Waals surface area contributed by atoms with Crippen LogP contribution >= 0.6 is 23.8 Å². The second-order valence-electron chi connectivity index (χ2n) is 7.31. The van der Waals surface area contributed by atoms with Crippen LogP contribution in [0.15, 0.2) is 12.1 Å². The van der Waals surface area contributed by atoms with Gasteiger partial charge in [-0.1, -0.05) is 11.6 Å². The maximum atomic E-state index is 14.5. The second kappa shape index (κ2) is 7.57. The molecule has 0 spiro atoms. The number of fused-ring (bicyclic) bond motifs is 1. The molecule has 0 unspecified atom stereocenters. The minimum absolute atomic E-state index is 0.0215. The highest BCUT2D eigenvalue weighted by Gasteiger charge is 2.33. The smallest absolute Gasteiger partial charge is 0.226 e. The Labute approximate surface area is 171 Å². The lowest BCUT2D eigenvalue weighted by atomic mass is 9.95. The van der Waals surface area contributed by atoms with Crippen LogP contribution in [0.3, 0.4) is 0 Å². The maximum absolute atomic E-state index is 14.5. The van der Waals surface area contributed by atoms with Gasteiger partial charge >= 0.3 is 0 Å². The fraction of sp³-hybridized carbons (Fsp3) is 0.474. The van der Waals surface area contributed by atoms with Gasteiger partial charge in [-0.25, -0.2) is 8.78 Å². The molecule has 150 valence electrons. The van der Waals surface area contributed by atoms with E-state index in [1.54, 1.807) is 4.57 Å². The average Bonchev–Trinajstić information content (AvgIpc) is 3.35. The molecule has 9 heteroatoms. The number of ether oxygens (including phenoxy) is 1. The molecule has 0 aliphatic carbocycles. The predicted octanol–water partition coefficient (Wildman–Crippen LogP) is 3.28. The van der Waals surface area contributed by atoms with Crippen molar-refractivity contribution in [3.8, 4) is 0 Å². The Hall–Kier alpha value is -1.77. The number of hydrogen-bond acceptors (Lipinski definition) is 3. The molecule has 1 saturated heterocycles. The summed E-state index contributed by atoms with van der Waals surface area (Å²) >= 11 is 11.3. The summed E-state index contributed by atoms with van der Waals surface area (Å²) in [6.45, 7) is 1.52. The van der Waals surface area contributed by atoms with E-state index in [2.05, 4.69) is 5.32 Å². The topological polar surface area (TPSA) is 48.2 Å². The van der Waals surface area contributed by atoms with E-state index in [1.807, 2.05) is 11.6 Å². The Morgan fingerprint density at radius 2 is 2.21 bits per heavy atom. The van der Waals surface area contributed by atoms with Crippen molar-refractivity contribution >= 4 is 29.7 Å². The number of nitrogens with zero attached hydrogens (tertiary/aromatic N) is 2. The van der Waals surface area contributed by atoms with Gasteiger partial charge in [-0.05, 0) is 37.2 Å². The summed E-state index contributed by atoms with van der Waals surface area (Å²) < 4.78 is 38.3. The molecule has 1 N–H and O–H groups in total. The molecule has 2 atom stereocenters. The van der Waals surface area contributed by atoms with Gasteiger partial charge in [0.25, 0.3) is 0 Å². The molecule has 0 bridgehead atoms. The van der Waals surface area contributed by atoms with Gasteiger partial charge in [0, 0.05) is 43.1 Å². The van der Waals surface area contributed by atoms with Crippen LogP contribution in [0.1, 0.15) is 29.3 Å². The van der Waals surface area contributed by atoms with Gasteiger partial charge in [-0.2, -0.15) is 0 Å². The van der Waals surface area contributed by atoms with Crippen molar-refractivity contribution in [2.75, 3.05) is 13.2 Å². The summed E-state index contributed by atoms with van der Waals surface area (Å²) in [6, 6.07) is 2.42. The number of rotatable bonds is 4. The van der Waals surface area contributed by atoms with Crippen LogP contribution in [0.2, 0.25) is 5.02 Å². The van der Waals surface area contributed by atoms with Gasteiger partial charge in [0.2, 0.25) is 5.91 Å². The van der Waals surface area contributed by atoms with Crippen LogP contribution in [0.4, 0.5) is 8.78 Å². The zero-order chi connectivity index (χ0) is 20.0. The van der Waals surface area contributed by atoms with Gasteiger partial charge in [0.1, 0.15) is 11.6 Å². The third kappa shape index (κ3) is 3.38. The van der Waals surface area contributed by atoms with Crippen LogP contribution in [0, 0.1) is 16.4 Å². The fourth-order valence-electron chi connectivity index (χ4n) is 4.11. The third-order valence-electron chi connectivity index (χ3n) is 5.53. The first-order valence-electron chi connectivity index (χ1n) is 9.14. The molecule has 0 radical (unpaired) electrons. The Bertz CT molecular complexity index is 998. The normalized spacial score (nSPS) is 21.1. The van der Waals surface area contributed by atoms with Crippen molar-refractivity contribution in [2.24, 2.45) is 7.05 Å². The first-order valence-corrected chi connectivity index (χ1v) is 9.93. The van der Waals surface area contributed by atoms with Crippen molar-refractivity contribution in [3.05, 3.63) is 50.5 Å². The zero-order valence-electron chi connectivity index (χ0n) is 15.3. The van der Waals surface area contributed by atoms with E-state index in [9.17, 15) is 13.6 Å². The van der Waals surface area contributed by atoms with Crippen LogP contribution in [0.5, 0.6) is 0 Å². The SMILES string of the molecule is Cn1c(CC(=O)N[C@@H]2CCOC2)c2n(c1=S)C[C@H](c1c(F)ccc(Cl)c1F)C2. The Morgan fingerprint density at radius 3 is 2.93 bits per heavy atom. The molecule has 5 nitrogen and oxygen atoms in total. The lowest BCUT2D eigenvalue weighted by Crippen LogP contribution is -2.36. The molecule has 2 aliphatic heterocycles. The summed E-state index contributed by atoms with van der Waals surface area (Å²) in [7, 11) is 1.81. The Balaban J connectivity index is 1.60. The highest BCUT2D eigenvalue weighted by atomic mass is 35.5. The first-order chi connectivity index (χ1) is 13.4. The van der Waals surface area contributed by atoms with Gasteiger partial charge in [-0.3, -0.25) is 4.79 Å². The van der Waals surface area contributed by atoms with E-state index in [0.29, 0.717) is 31.0 Å². The number of carbonyl (C=O) groups excluding carboxylic acids is 1. The van der Waals surface area contributed by atoms with Gasteiger partial charge in [0.15, 0.2) is 4.77 Å². The van der Waals surface area contributed by atoms with Crippen LogP contribution in [0.25, 0.3) is 0 Å². The van der Waals surface area contributed by atoms with E-state index < -0.39 is 17.6 Å². The number of halogens is 3. The molecule has 1 aromatic heterocycles. The van der Waals surface area contributed by atoms with Crippen LogP contribution in [-0.2, 0) is 36.0 Å². The summed E-state index contributed by atoms with van der Waals surface area (Å²) in [4.78, 5) is 12.5. The van der Waals surface area contributed by atoms with Crippen molar-refractivity contribution in [1.29, 1.82) is 0 Å². The molecular formula is C19H20ClF2N3O2S. The van der Waals surface area contributed by atoms with Crippen LogP contribution in [-0.4, -0.2) is 34.3 Å². The Morgan fingerprint density at radius 1 is 1.43 bits per heavy atom. The zero-order valence-corrected chi connectivity index (χ0v) is 16.9. The number of aromatic nitrogens is 2. The number of carbonyl (C=O) groups is 1. The van der Waals surface area contributed by atoms with Gasteiger partial charge in [0.05, 0.1) is 24.1 Å². The molecule has 4 rings (SSSR count). The lowest BCUT2D eigenvalue weighted by Gasteiger charge is -2.14. The molecule has 2 aromatic rings. The standard InChI is InChI=1S/C19H20ClF2N3O2S/c1-24-14(7-16(26)23-11-4-5-27-9-11)15-6-10(8-25(15)19(24)28)17-13(21)3-2-12(20)18(17)22/h2-3,10-11H,4-9H2,1H3,(H,23,26)/t10-,11-/m1/s1. The maximum Gasteiger partial charge on any atom is 0.226 e. The summed E-state index contributed by atoms with van der Waals surface area (Å²) in [5, 5.41) is 2.86. The van der Waals surface area contributed by atoms with Crippen molar-refractivity contribution in [2.45, 2.75) is 37.8 Å². The largest absolute Gasteiger partial charge is 0.379 e. The van der Waals surface area contributed by atoms with Crippen molar-refractivity contribution < 1.29 is 18.3 Å². The molecule has 28 heavy (non-hydrogen) atoms. The molecular weight excluding hydrogens is 408 g/mol. The summed E-state index contributed by atoms with van der Waals surface area (Å²) in [5.41, 5.74) is 1.59. The molecule has 3 heterocycles. The third-order valence-corrected chi connectivity index (χ3v) is 6.32. The summed E-state index contributed by atoms with van der Waals surface area (Å²) in [5.74, 6) is -1.87. The van der Waals surface area contributed by atoms with Crippen molar-refractivity contribution in [1.82, 2.24) is 14.5 Å². The molecule has 1 amide bonds. The lowest BCUT2D eigenvalue weighted by molar-refractivity contribution is -0.121.